The zero-order valence-electron chi connectivity index (χ0n) is 15.3. The number of benzene rings is 2. The maximum Gasteiger partial charge on any atom is 0.189 e. The van der Waals surface area contributed by atoms with Gasteiger partial charge in [-0.2, -0.15) is 0 Å². The molecule has 0 bridgehead atoms. The maximum atomic E-state index is 15.1. The Morgan fingerprint density at radius 3 is 2.39 bits per heavy atom. The molecule has 2 heterocycles. The Bertz CT molecular complexity index is 1040. The van der Waals surface area contributed by atoms with Gasteiger partial charge >= 0.3 is 0 Å². The average molecular weight is 429 g/mol. The number of fused-ring (bicyclic) bond motifs is 3. The van der Waals surface area contributed by atoms with Crippen molar-refractivity contribution in [3.63, 3.8) is 0 Å². The lowest BCUT2D eigenvalue weighted by Crippen LogP contribution is -2.61. The quantitative estimate of drug-likeness (QED) is 0.707. The van der Waals surface area contributed by atoms with Crippen molar-refractivity contribution in [3.8, 4) is 5.75 Å². The van der Waals surface area contributed by atoms with Gasteiger partial charge in [0.25, 0.3) is 0 Å². The third-order valence-electron chi connectivity index (χ3n) is 5.83. The fourth-order valence-electron chi connectivity index (χ4n) is 4.45. The van der Waals surface area contributed by atoms with Crippen molar-refractivity contribution in [2.45, 2.75) is 35.5 Å². The van der Waals surface area contributed by atoms with Gasteiger partial charge in [0.05, 0.1) is 22.7 Å². The van der Waals surface area contributed by atoms with E-state index in [1.165, 1.54) is 24.3 Å². The van der Waals surface area contributed by atoms with Crippen molar-refractivity contribution in [2.24, 2.45) is 5.92 Å². The van der Waals surface area contributed by atoms with Gasteiger partial charge in [-0.15, -0.1) is 0 Å². The Balaban J connectivity index is 2.07. The first-order valence-electron chi connectivity index (χ1n) is 8.87. The molecule has 1 saturated heterocycles. The zero-order chi connectivity index (χ0) is 20.3. The van der Waals surface area contributed by atoms with Gasteiger partial charge in [0, 0.05) is 17.5 Å². The molecule has 4 rings (SSSR count). The summed E-state index contributed by atoms with van der Waals surface area (Å²) < 4.78 is 67.0. The molecule has 0 radical (unpaired) electrons. The summed E-state index contributed by atoms with van der Waals surface area (Å²) in [6.07, 6.45) is -0.0111. The maximum absolute atomic E-state index is 15.1. The first-order chi connectivity index (χ1) is 13.1. The molecule has 2 atom stereocenters. The van der Waals surface area contributed by atoms with Crippen molar-refractivity contribution in [1.82, 2.24) is 0 Å². The lowest BCUT2D eigenvalue weighted by atomic mass is 9.71. The largest absolute Gasteiger partial charge is 0.490 e. The van der Waals surface area contributed by atoms with Gasteiger partial charge in [0.1, 0.15) is 10.6 Å². The highest BCUT2D eigenvalue weighted by Gasteiger charge is 2.63. The van der Waals surface area contributed by atoms with E-state index in [0.717, 1.165) is 12.1 Å². The highest BCUT2D eigenvalue weighted by atomic mass is 35.5. The fraction of sp³-hybridized carbons (Fsp3) is 0.400. The Labute approximate surface area is 167 Å². The van der Waals surface area contributed by atoms with Crippen LogP contribution in [0.25, 0.3) is 0 Å². The minimum Gasteiger partial charge on any atom is -0.490 e. The van der Waals surface area contributed by atoms with Crippen LogP contribution < -0.4 is 4.74 Å². The number of halogens is 3. The van der Waals surface area contributed by atoms with E-state index < -0.39 is 37.7 Å². The molecule has 150 valence electrons. The second-order valence-electron chi connectivity index (χ2n) is 7.65. The molecule has 0 aliphatic carbocycles. The van der Waals surface area contributed by atoms with E-state index in [1.54, 1.807) is 13.8 Å². The van der Waals surface area contributed by atoms with Crippen LogP contribution in [0.2, 0.25) is 5.02 Å². The SMILES string of the molecule is CC1(C)OCCC2(S(=O)(=O)c3ccc(Cl)cc3)c3c(F)ccc(F)c3OCC12. The van der Waals surface area contributed by atoms with Crippen molar-refractivity contribution in [1.29, 1.82) is 0 Å². The predicted molar refractivity (Wildman–Crippen MR) is 100 cm³/mol. The molecule has 0 spiro atoms. The minimum absolute atomic E-state index is 0.00360. The molecule has 28 heavy (non-hydrogen) atoms. The summed E-state index contributed by atoms with van der Waals surface area (Å²) in [5.41, 5.74) is -1.18. The second-order valence-corrected chi connectivity index (χ2v) is 10.3. The van der Waals surface area contributed by atoms with Gasteiger partial charge in [0.15, 0.2) is 21.4 Å². The van der Waals surface area contributed by atoms with Crippen molar-refractivity contribution in [2.75, 3.05) is 13.2 Å². The Hall–Kier alpha value is -1.70. The summed E-state index contributed by atoms with van der Waals surface area (Å²) in [5.74, 6) is -2.68. The van der Waals surface area contributed by atoms with Gasteiger partial charge in [-0.1, -0.05) is 11.6 Å². The lowest BCUT2D eigenvalue weighted by molar-refractivity contribution is -0.130. The molecule has 0 saturated carbocycles. The molecule has 8 heteroatoms. The topological polar surface area (TPSA) is 52.6 Å². The van der Waals surface area contributed by atoms with E-state index in [4.69, 9.17) is 21.1 Å². The molecule has 2 aromatic carbocycles. The molecule has 2 aliphatic heterocycles. The molecule has 2 aromatic rings. The minimum atomic E-state index is -4.15. The standard InChI is InChI=1S/C20H19ClF2O4S/c1-19(2)16-11-26-18-15(23)8-7-14(22)17(18)20(16,9-10-27-19)28(24,25)13-5-3-12(21)4-6-13/h3-8,16H,9-11H2,1-2H3. The highest BCUT2D eigenvalue weighted by Crippen LogP contribution is 2.57. The van der Waals surface area contributed by atoms with Crippen molar-refractivity contribution < 1.29 is 26.7 Å². The number of sulfone groups is 1. The van der Waals surface area contributed by atoms with Gasteiger partial charge in [-0.3, -0.25) is 0 Å². The van der Waals surface area contributed by atoms with Gasteiger partial charge in [0.2, 0.25) is 0 Å². The molecular weight excluding hydrogens is 410 g/mol. The van der Waals surface area contributed by atoms with E-state index in [1.807, 2.05) is 0 Å². The van der Waals surface area contributed by atoms with E-state index >= 15 is 4.39 Å². The Morgan fingerprint density at radius 2 is 1.71 bits per heavy atom. The van der Waals surface area contributed by atoms with Crippen LogP contribution in [0.1, 0.15) is 25.8 Å². The predicted octanol–water partition coefficient (Wildman–Crippen LogP) is 4.49. The van der Waals surface area contributed by atoms with Crippen LogP contribution in [-0.2, 0) is 19.3 Å². The number of hydrogen-bond acceptors (Lipinski definition) is 4. The van der Waals surface area contributed by atoms with Crippen molar-refractivity contribution >= 4 is 21.4 Å². The van der Waals surface area contributed by atoms with E-state index in [9.17, 15) is 12.8 Å². The average Bonchev–Trinajstić information content (AvgIpc) is 2.64. The summed E-state index contributed by atoms with van der Waals surface area (Å²) in [6.45, 7) is 3.47. The van der Waals surface area contributed by atoms with Crippen LogP contribution in [-0.4, -0.2) is 27.2 Å². The number of rotatable bonds is 2. The zero-order valence-corrected chi connectivity index (χ0v) is 16.9. The van der Waals surface area contributed by atoms with Gasteiger partial charge in [-0.25, -0.2) is 17.2 Å². The molecule has 0 aromatic heterocycles. The molecular formula is C20H19ClF2O4S. The van der Waals surface area contributed by atoms with Crippen LogP contribution >= 0.6 is 11.6 Å². The monoisotopic (exact) mass is 428 g/mol. The van der Waals surface area contributed by atoms with Crippen LogP contribution in [0, 0.1) is 17.6 Å². The molecule has 2 unspecified atom stereocenters. The van der Waals surface area contributed by atoms with E-state index in [-0.39, 0.29) is 35.8 Å². The molecule has 0 amide bonds. The third-order valence-corrected chi connectivity index (χ3v) is 8.63. The van der Waals surface area contributed by atoms with Crippen LogP contribution in [0.3, 0.4) is 0 Å². The van der Waals surface area contributed by atoms with Crippen LogP contribution in [0.4, 0.5) is 8.78 Å². The first kappa shape index (κ1) is 19.6. The molecule has 4 nitrogen and oxygen atoms in total. The van der Waals surface area contributed by atoms with Crippen LogP contribution in [0.5, 0.6) is 5.75 Å². The third kappa shape index (κ3) is 2.60. The first-order valence-corrected chi connectivity index (χ1v) is 10.7. The van der Waals surface area contributed by atoms with Gasteiger partial charge < -0.3 is 9.47 Å². The normalized spacial score (nSPS) is 26.1. The lowest BCUT2D eigenvalue weighted by Gasteiger charge is -2.53. The summed E-state index contributed by atoms with van der Waals surface area (Å²) in [5, 5.41) is 0.380. The summed E-state index contributed by atoms with van der Waals surface area (Å²) in [4.78, 5) is -0.00360. The molecule has 1 fully saturated rings. The van der Waals surface area contributed by atoms with Gasteiger partial charge in [-0.05, 0) is 56.7 Å². The molecule has 2 aliphatic rings. The summed E-state index contributed by atoms with van der Waals surface area (Å²) >= 11 is 5.91. The summed E-state index contributed by atoms with van der Waals surface area (Å²) in [6, 6.07) is 7.60. The Kier molecular flexibility index (Phi) is 4.48. The second kappa shape index (κ2) is 6.40. The van der Waals surface area contributed by atoms with Crippen LogP contribution in [0.15, 0.2) is 41.3 Å². The number of hydrogen-bond donors (Lipinski definition) is 0. The highest BCUT2D eigenvalue weighted by molar-refractivity contribution is 7.92. The number of ether oxygens (including phenoxy) is 2. The van der Waals surface area contributed by atoms with Crippen molar-refractivity contribution in [3.05, 3.63) is 58.6 Å². The smallest absolute Gasteiger partial charge is 0.189 e. The van der Waals surface area contributed by atoms with E-state index in [2.05, 4.69) is 0 Å². The van der Waals surface area contributed by atoms with E-state index in [0.29, 0.717) is 5.02 Å². The summed E-state index contributed by atoms with van der Waals surface area (Å²) in [7, 11) is -4.15. The fourth-order valence-corrected chi connectivity index (χ4v) is 7.03. The molecule has 0 N–H and O–H groups in total. The Morgan fingerprint density at radius 1 is 1.07 bits per heavy atom.